The van der Waals surface area contributed by atoms with E-state index in [1.807, 2.05) is 42.1 Å². The second kappa shape index (κ2) is 8.47. The second-order valence-electron chi connectivity index (χ2n) is 6.52. The van der Waals surface area contributed by atoms with Gasteiger partial charge < -0.3 is 9.88 Å². The van der Waals surface area contributed by atoms with Crippen LogP contribution >= 0.6 is 0 Å². The fourth-order valence-electron chi connectivity index (χ4n) is 2.92. The number of nitrogens with zero attached hydrogens (tertiary/aromatic N) is 5. The SMILES string of the molecule is Cc1nc(NCCNS(=O)(=O)c2ccc(-n3cccn3)cc2)cc(-n2cccc2)n1. The van der Waals surface area contributed by atoms with E-state index in [0.29, 0.717) is 18.2 Å². The molecule has 4 rings (SSSR count). The third-order valence-electron chi connectivity index (χ3n) is 4.33. The molecule has 2 N–H and O–H groups in total. The van der Waals surface area contributed by atoms with Crippen molar-refractivity contribution in [3.8, 4) is 11.5 Å². The summed E-state index contributed by atoms with van der Waals surface area (Å²) in [5.41, 5.74) is 0.790. The van der Waals surface area contributed by atoms with Crippen molar-refractivity contribution in [1.29, 1.82) is 0 Å². The van der Waals surface area contributed by atoms with Crippen LogP contribution in [0.5, 0.6) is 0 Å². The highest BCUT2D eigenvalue weighted by Gasteiger charge is 2.13. The normalized spacial score (nSPS) is 11.5. The molecule has 0 aliphatic heterocycles. The largest absolute Gasteiger partial charge is 0.369 e. The van der Waals surface area contributed by atoms with Gasteiger partial charge in [-0.05, 0) is 49.4 Å². The summed E-state index contributed by atoms with van der Waals surface area (Å²) < 4.78 is 31.2. The Hall–Kier alpha value is -3.50. The first kappa shape index (κ1) is 19.8. The molecule has 0 aliphatic carbocycles. The average molecular weight is 424 g/mol. The summed E-state index contributed by atoms with van der Waals surface area (Å²) in [6.45, 7) is 2.41. The smallest absolute Gasteiger partial charge is 0.240 e. The van der Waals surface area contributed by atoms with E-state index in [-0.39, 0.29) is 11.4 Å². The molecule has 0 radical (unpaired) electrons. The highest BCUT2D eigenvalue weighted by molar-refractivity contribution is 7.89. The van der Waals surface area contributed by atoms with Crippen LogP contribution < -0.4 is 10.0 Å². The number of benzene rings is 1. The number of nitrogens with one attached hydrogen (secondary N) is 2. The fourth-order valence-corrected chi connectivity index (χ4v) is 3.95. The molecule has 0 saturated carbocycles. The van der Waals surface area contributed by atoms with Crippen molar-refractivity contribution in [2.45, 2.75) is 11.8 Å². The van der Waals surface area contributed by atoms with Gasteiger partial charge in [-0.2, -0.15) is 5.10 Å². The third kappa shape index (κ3) is 4.56. The Kier molecular flexibility index (Phi) is 5.59. The number of rotatable bonds is 8. The topological polar surface area (TPSA) is 107 Å². The molecule has 0 amide bonds. The zero-order valence-corrected chi connectivity index (χ0v) is 17.1. The van der Waals surface area contributed by atoms with Crippen LogP contribution in [-0.4, -0.2) is 45.8 Å². The van der Waals surface area contributed by atoms with Crippen LogP contribution in [0.3, 0.4) is 0 Å². The Morgan fingerprint density at radius 3 is 2.43 bits per heavy atom. The predicted octanol–water partition coefficient (Wildman–Crippen LogP) is 2.15. The molecule has 3 aromatic heterocycles. The van der Waals surface area contributed by atoms with Gasteiger partial charge in [0.1, 0.15) is 17.5 Å². The number of aromatic nitrogens is 5. The molecule has 0 atom stereocenters. The minimum absolute atomic E-state index is 0.200. The molecule has 0 spiro atoms. The Balaban J connectivity index is 1.35. The fraction of sp³-hybridized carbons (Fsp3) is 0.150. The van der Waals surface area contributed by atoms with E-state index in [4.69, 9.17) is 0 Å². The van der Waals surface area contributed by atoms with Gasteiger partial charge in [-0.15, -0.1) is 0 Å². The van der Waals surface area contributed by atoms with E-state index < -0.39 is 10.0 Å². The maximum atomic E-state index is 12.5. The lowest BCUT2D eigenvalue weighted by molar-refractivity contribution is 0.583. The zero-order chi connectivity index (χ0) is 21.0. The predicted molar refractivity (Wildman–Crippen MR) is 113 cm³/mol. The highest BCUT2D eigenvalue weighted by atomic mass is 32.2. The molecule has 0 unspecified atom stereocenters. The van der Waals surface area contributed by atoms with Crippen molar-refractivity contribution < 1.29 is 8.42 Å². The molecule has 1 aromatic carbocycles. The molecular weight excluding hydrogens is 402 g/mol. The number of hydrogen-bond acceptors (Lipinski definition) is 6. The van der Waals surface area contributed by atoms with E-state index in [1.54, 1.807) is 47.4 Å². The van der Waals surface area contributed by atoms with Crippen molar-refractivity contribution in [3.63, 3.8) is 0 Å². The molecular formula is C20H21N7O2S. The van der Waals surface area contributed by atoms with Crippen molar-refractivity contribution in [2.75, 3.05) is 18.4 Å². The minimum atomic E-state index is -3.61. The zero-order valence-electron chi connectivity index (χ0n) is 16.3. The molecule has 0 bridgehead atoms. The van der Waals surface area contributed by atoms with Gasteiger partial charge in [-0.1, -0.05) is 0 Å². The minimum Gasteiger partial charge on any atom is -0.369 e. The van der Waals surface area contributed by atoms with Crippen LogP contribution in [0.25, 0.3) is 11.5 Å². The first-order valence-corrected chi connectivity index (χ1v) is 10.8. The summed E-state index contributed by atoms with van der Waals surface area (Å²) >= 11 is 0. The molecule has 4 aromatic rings. The van der Waals surface area contributed by atoms with Crippen LogP contribution in [-0.2, 0) is 10.0 Å². The van der Waals surface area contributed by atoms with Crippen molar-refractivity contribution in [3.05, 3.63) is 79.1 Å². The van der Waals surface area contributed by atoms with E-state index >= 15 is 0 Å². The standard InChI is InChI=1S/C20H21N7O2S/c1-16-24-19(15-20(25-16)26-12-2-3-13-26)21-10-11-23-30(28,29)18-7-5-17(6-8-18)27-14-4-9-22-27/h2-9,12-15,23H,10-11H2,1H3,(H,21,24,25). The number of aryl methyl sites for hydroxylation is 1. The lowest BCUT2D eigenvalue weighted by Gasteiger charge is -2.11. The maximum absolute atomic E-state index is 12.5. The van der Waals surface area contributed by atoms with Crippen LogP contribution in [0.2, 0.25) is 0 Å². The molecule has 30 heavy (non-hydrogen) atoms. The van der Waals surface area contributed by atoms with Gasteiger partial charge >= 0.3 is 0 Å². The quantitative estimate of drug-likeness (QED) is 0.421. The molecule has 154 valence electrons. The Labute approximate surface area is 174 Å². The van der Waals surface area contributed by atoms with Crippen LogP contribution in [0.1, 0.15) is 5.82 Å². The van der Waals surface area contributed by atoms with E-state index in [0.717, 1.165) is 11.5 Å². The van der Waals surface area contributed by atoms with Crippen LogP contribution in [0.15, 0.2) is 78.2 Å². The Morgan fingerprint density at radius 2 is 1.73 bits per heavy atom. The molecule has 0 aliphatic rings. The molecule has 0 fully saturated rings. The first-order valence-electron chi connectivity index (χ1n) is 9.34. The van der Waals surface area contributed by atoms with Crippen LogP contribution in [0.4, 0.5) is 5.82 Å². The lowest BCUT2D eigenvalue weighted by atomic mass is 10.3. The van der Waals surface area contributed by atoms with Gasteiger partial charge in [-0.3, -0.25) is 0 Å². The Morgan fingerprint density at radius 1 is 0.967 bits per heavy atom. The van der Waals surface area contributed by atoms with Gasteiger partial charge in [0.2, 0.25) is 10.0 Å². The monoisotopic (exact) mass is 423 g/mol. The van der Waals surface area contributed by atoms with E-state index in [1.165, 1.54) is 0 Å². The number of anilines is 1. The Bertz CT molecular complexity index is 1200. The maximum Gasteiger partial charge on any atom is 0.240 e. The highest BCUT2D eigenvalue weighted by Crippen LogP contribution is 2.13. The lowest BCUT2D eigenvalue weighted by Crippen LogP contribution is -2.29. The number of sulfonamides is 1. The number of hydrogen-bond donors (Lipinski definition) is 2. The van der Waals surface area contributed by atoms with Crippen molar-refractivity contribution in [1.82, 2.24) is 29.0 Å². The first-order chi connectivity index (χ1) is 14.5. The second-order valence-corrected chi connectivity index (χ2v) is 8.28. The summed E-state index contributed by atoms with van der Waals surface area (Å²) in [4.78, 5) is 8.95. The van der Waals surface area contributed by atoms with E-state index in [2.05, 4.69) is 25.1 Å². The van der Waals surface area contributed by atoms with Crippen LogP contribution in [0, 0.1) is 6.92 Å². The average Bonchev–Trinajstić information content (AvgIpc) is 3.45. The summed E-state index contributed by atoms with van der Waals surface area (Å²) in [7, 11) is -3.61. The van der Waals surface area contributed by atoms with Gasteiger partial charge in [0, 0.05) is 43.9 Å². The summed E-state index contributed by atoms with van der Waals surface area (Å²) in [5, 5.41) is 7.26. The van der Waals surface area contributed by atoms with Gasteiger partial charge in [0.25, 0.3) is 0 Å². The van der Waals surface area contributed by atoms with Crippen molar-refractivity contribution in [2.24, 2.45) is 0 Å². The molecule has 10 heteroatoms. The summed E-state index contributed by atoms with van der Waals surface area (Å²) in [6, 6.07) is 14.0. The van der Waals surface area contributed by atoms with Crippen molar-refractivity contribution >= 4 is 15.8 Å². The van der Waals surface area contributed by atoms with Gasteiger partial charge in [0.05, 0.1) is 10.6 Å². The molecule has 0 saturated heterocycles. The van der Waals surface area contributed by atoms with Gasteiger partial charge in [-0.25, -0.2) is 27.8 Å². The van der Waals surface area contributed by atoms with E-state index in [9.17, 15) is 8.42 Å². The van der Waals surface area contributed by atoms with Gasteiger partial charge in [0.15, 0.2) is 0 Å². The summed E-state index contributed by atoms with van der Waals surface area (Å²) in [5.74, 6) is 2.00. The molecule has 3 heterocycles. The molecule has 9 nitrogen and oxygen atoms in total. The summed E-state index contributed by atoms with van der Waals surface area (Å²) in [6.07, 6.45) is 7.26. The third-order valence-corrected chi connectivity index (χ3v) is 5.81.